The minimum absolute atomic E-state index is 0.00162. The van der Waals surface area contributed by atoms with Crippen LogP contribution in [0.5, 0.6) is 5.75 Å². The van der Waals surface area contributed by atoms with Crippen molar-refractivity contribution in [3.63, 3.8) is 0 Å². The Morgan fingerprint density at radius 2 is 1.76 bits per heavy atom. The van der Waals surface area contributed by atoms with Crippen molar-refractivity contribution < 1.29 is 24.1 Å². The third kappa shape index (κ3) is 9.99. The number of nitrogens with one attached hydrogen (secondary N) is 1. The molecule has 1 amide bonds. The Morgan fingerprint density at radius 3 is 2.32 bits per heavy atom. The van der Waals surface area contributed by atoms with E-state index in [1.165, 1.54) is 5.56 Å². The molecular formula is C30H44ClNO5S. The second-order valence-electron chi connectivity index (χ2n) is 11.6. The van der Waals surface area contributed by atoms with Crippen molar-refractivity contribution in [3.8, 4) is 5.75 Å². The molecule has 0 spiro atoms. The first-order valence-corrected chi connectivity index (χ1v) is 14.3. The molecule has 8 heteroatoms. The molecular weight excluding hydrogens is 522 g/mol. The van der Waals surface area contributed by atoms with Crippen molar-refractivity contribution in [3.05, 3.63) is 52.5 Å². The predicted molar refractivity (Wildman–Crippen MR) is 156 cm³/mol. The molecule has 212 valence electrons. The summed E-state index contributed by atoms with van der Waals surface area (Å²) in [6, 6.07) is 12.2. The number of carbonyl (C=O) groups is 1. The van der Waals surface area contributed by atoms with Crippen LogP contribution in [0.1, 0.15) is 78.9 Å². The smallest absolute Gasteiger partial charge is 0.408 e. The number of aryl methyl sites for hydroxylation is 1. The number of halogens is 1. The lowest BCUT2D eigenvalue weighted by molar-refractivity contribution is 0.0373. The molecule has 6 nitrogen and oxygen atoms in total. The van der Waals surface area contributed by atoms with Crippen molar-refractivity contribution in [2.75, 3.05) is 20.5 Å². The fourth-order valence-electron chi connectivity index (χ4n) is 4.04. The highest BCUT2D eigenvalue weighted by molar-refractivity contribution is 7.99. The second-order valence-corrected chi connectivity index (χ2v) is 13.2. The summed E-state index contributed by atoms with van der Waals surface area (Å²) >= 11 is 8.31. The van der Waals surface area contributed by atoms with Gasteiger partial charge < -0.3 is 24.6 Å². The van der Waals surface area contributed by atoms with E-state index >= 15 is 0 Å². The largest absolute Gasteiger partial charge is 0.466 e. The van der Waals surface area contributed by atoms with Crippen LogP contribution in [0.3, 0.4) is 0 Å². The summed E-state index contributed by atoms with van der Waals surface area (Å²) in [5.41, 5.74) is 0.766. The Balaban J connectivity index is 2.22. The minimum Gasteiger partial charge on any atom is -0.466 e. The Bertz CT molecular complexity index is 1060. The van der Waals surface area contributed by atoms with E-state index in [-0.39, 0.29) is 18.8 Å². The zero-order valence-corrected chi connectivity index (χ0v) is 25.6. The molecule has 2 rings (SSSR count). The van der Waals surface area contributed by atoms with Gasteiger partial charge in [-0.25, -0.2) is 4.79 Å². The van der Waals surface area contributed by atoms with Crippen molar-refractivity contribution in [2.45, 2.75) is 100 Å². The van der Waals surface area contributed by atoms with Gasteiger partial charge in [0.1, 0.15) is 11.4 Å². The molecule has 0 fully saturated rings. The van der Waals surface area contributed by atoms with Gasteiger partial charge in [0.25, 0.3) is 0 Å². The highest BCUT2D eigenvalue weighted by Gasteiger charge is 2.32. The van der Waals surface area contributed by atoms with E-state index in [1.54, 1.807) is 18.9 Å². The molecule has 0 unspecified atom stereocenters. The Morgan fingerprint density at radius 1 is 1.05 bits per heavy atom. The summed E-state index contributed by atoms with van der Waals surface area (Å²) in [5.74, 6) is 0.755. The summed E-state index contributed by atoms with van der Waals surface area (Å²) in [5, 5.41) is 13.8. The van der Waals surface area contributed by atoms with Crippen LogP contribution in [0.25, 0.3) is 0 Å². The summed E-state index contributed by atoms with van der Waals surface area (Å²) in [4.78, 5) is 14.5. The monoisotopic (exact) mass is 565 g/mol. The molecule has 0 saturated carbocycles. The van der Waals surface area contributed by atoms with Crippen LogP contribution in [0.4, 0.5) is 4.79 Å². The lowest BCUT2D eigenvalue weighted by atomic mass is 9.87. The molecule has 0 aliphatic heterocycles. The van der Waals surface area contributed by atoms with E-state index in [0.717, 1.165) is 27.5 Å². The highest BCUT2D eigenvalue weighted by Crippen LogP contribution is 2.39. The van der Waals surface area contributed by atoms with Crippen LogP contribution < -0.4 is 10.1 Å². The summed E-state index contributed by atoms with van der Waals surface area (Å²) in [7, 11) is 1.60. The zero-order chi connectivity index (χ0) is 28.6. The Hall–Kier alpha value is -1.93. The Kier molecular flexibility index (Phi) is 11.8. The molecule has 1 atom stereocenters. The molecule has 0 heterocycles. The number of hydrogen-bond acceptors (Lipinski definition) is 6. The standard InChI is InChI=1S/C30H44ClNO5S/c1-9-15-30(19-33,32-27(34)37-29(5,6)7)16-14-21-10-12-23(18-24(21)31)38-26-17-22(28(2,3)4)11-13-25(26)36-20-35-8/h10-13,17-18,33H,9,14-16,19-20H2,1-8H3,(H,32,34)/t30-/m0/s1. The van der Waals surface area contributed by atoms with Crippen LogP contribution in [0.15, 0.2) is 46.2 Å². The first kappa shape index (κ1) is 32.3. The number of methoxy groups -OCH3 is 1. The number of amides is 1. The van der Waals surface area contributed by atoms with Gasteiger partial charge in [0, 0.05) is 17.0 Å². The number of hydrogen-bond donors (Lipinski definition) is 2. The molecule has 0 aliphatic rings. The first-order chi connectivity index (χ1) is 17.7. The first-order valence-electron chi connectivity index (χ1n) is 13.1. The maximum absolute atomic E-state index is 12.5. The van der Waals surface area contributed by atoms with Crippen molar-refractivity contribution in [2.24, 2.45) is 0 Å². The molecule has 38 heavy (non-hydrogen) atoms. The van der Waals surface area contributed by atoms with E-state index in [1.807, 2.05) is 52.0 Å². The third-order valence-corrected chi connectivity index (χ3v) is 7.45. The fourth-order valence-corrected chi connectivity index (χ4v) is 5.36. The lowest BCUT2D eigenvalue weighted by Gasteiger charge is -2.34. The normalized spacial score (nSPS) is 13.6. The van der Waals surface area contributed by atoms with Gasteiger partial charge >= 0.3 is 6.09 Å². The van der Waals surface area contributed by atoms with Gasteiger partial charge in [0.15, 0.2) is 6.79 Å². The van der Waals surface area contributed by atoms with Crippen molar-refractivity contribution in [1.82, 2.24) is 5.32 Å². The maximum Gasteiger partial charge on any atom is 0.408 e. The summed E-state index contributed by atoms with van der Waals surface area (Å²) < 4.78 is 16.4. The van der Waals surface area contributed by atoms with Crippen LogP contribution in [0.2, 0.25) is 5.02 Å². The highest BCUT2D eigenvalue weighted by atomic mass is 35.5. The van der Waals surface area contributed by atoms with Gasteiger partial charge in [-0.3, -0.25) is 0 Å². The van der Waals surface area contributed by atoms with Gasteiger partial charge in [-0.1, -0.05) is 69.6 Å². The average molecular weight is 566 g/mol. The summed E-state index contributed by atoms with van der Waals surface area (Å²) in [6.07, 6.45) is 2.04. The van der Waals surface area contributed by atoms with Gasteiger partial charge in [0.05, 0.1) is 17.0 Å². The molecule has 0 aromatic heterocycles. The number of benzene rings is 2. The molecule has 0 aliphatic carbocycles. The van der Waals surface area contributed by atoms with Gasteiger partial charge in [0.2, 0.25) is 0 Å². The van der Waals surface area contributed by atoms with E-state index in [4.69, 9.17) is 25.8 Å². The molecule has 0 bridgehead atoms. The van der Waals surface area contributed by atoms with Crippen LogP contribution in [-0.2, 0) is 21.3 Å². The second kappa shape index (κ2) is 13.9. The van der Waals surface area contributed by atoms with E-state index in [9.17, 15) is 9.90 Å². The number of aliphatic hydroxyl groups is 1. The number of aliphatic hydroxyl groups excluding tert-OH is 1. The van der Waals surface area contributed by atoms with E-state index < -0.39 is 17.2 Å². The lowest BCUT2D eigenvalue weighted by Crippen LogP contribution is -2.53. The minimum atomic E-state index is -0.783. The predicted octanol–water partition coefficient (Wildman–Crippen LogP) is 7.76. The number of rotatable bonds is 12. The fraction of sp³-hybridized carbons (Fsp3) is 0.567. The van der Waals surface area contributed by atoms with E-state index in [2.05, 4.69) is 38.2 Å². The molecule has 0 saturated heterocycles. The van der Waals surface area contributed by atoms with Gasteiger partial charge in [-0.15, -0.1) is 0 Å². The molecule has 0 radical (unpaired) electrons. The number of alkyl carbamates (subject to hydrolysis) is 1. The van der Waals surface area contributed by atoms with Crippen LogP contribution in [-0.4, -0.2) is 42.8 Å². The van der Waals surface area contributed by atoms with Crippen molar-refractivity contribution >= 4 is 29.5 Å². The SMILES string of the molecule is CCC[C@@](CO)(CCc1ccc(Sc2cc(C(C)(C)C)ccc2OCOC)cc1Cl)NC(=O)OC(C)(C)C. The Labute approximate surface area is 237 Å². The average Bonchev–Trinajstić information content (AvgIpc) is 2.80. The topological polar surface area (TPSA) is 77.0 Å². The third-order valence-electron chi connectivity index (χ3n) is 6.06. The van der Waals surface area contributed by atoms with Crippen LogP contribution in [0, 0.1) is 0 Å². The molecule has 2 aromatic rings. The maximum atomic E-state index is 12.5. The molecule has 2 N–H and O–H groups in total. The number of ether oxygens (including phenoxy) is 3. The molecule has 2 aromatic carbocycles. The van der Waals surface area contributed by atoms with Crippen molar-refractivity contribution in [1.29, 1.82) is 0 Å². The number of carbonyl (C=O) groups excluding carboxylic acids is 1. The quantitative estimate of drug-likeness (QED) is 0.256. The van der Waals surface area contributed by atoms with Crippen LogP contribution >= 0.6 is 23.4 Å². The van der Waals surface area contributed by atoms with Gasteiger partial charge in [-0.05, 0) is 80.8 Å². The summed E-state index contributed by atoms with van der Waals surface area (Å²) in [6.45, 7) is 14.0. The zero-order valence-electron chi connectivity index (χ0n) is 24.1. The van der Waals surface area contributed by atoms with Gasteiger partial charge in [-0.2, -0.15) is 0 Å². The van der Waals surface area contributed by atoms with E-state index in [0.29, 0.717) is 24.3 Å².